The number of halogens is 7. The number of H-pyrrole nitrogens is 4. The lowest BCUT2D eigenvalue weighted by molar-refractivity contribution is -0.123. The van der Waals surface area contributed by atoms with E-state index in [1.54, 1.807) is 116 Å². The molecule has 4 aliphatic rings. The number of thiophene rings is 1. The maximum Gasteiger partial charge on any atom is 0.244 e. The summed E-state index contributed by atoms with van der Waals surface area (Å²) in [6.45, 7) is -0.473. The largest absolute Gasteiger partial charge is 0.395 e. The third-order valence-electron chi connectivity index (χ3n) is 19.1. The molecule has 4 amide bonds. The van der Waals surface area contributed by atoms with Crippen LogP contribution in [0.3, 0.4) is 0 Å². The zero-order chi connectivity index (χ0) is 74.5. The van der Waals surface area contributed by atoms with Crippen LogP contribution >= 0.6 is 11.3 Å². The van der Waals surface area contributed by atoms with Crippen LogP contribution in [0.2, 0.25) is 0 Å². The van der Waals surface area contributed by atoms with E-state index in [-0.39, 0.29) is 77.0 Å². The zero-order valence-corrected chi connectivity index (χ0v) is 57.7. The third kappa shape index (κ3) is 16.3. The fourth-order valence-corrected chi connectivity index (χ4v) is 12.3. The van der Waals surface area contributed by atoms with Crippen LogP contribution in [0.15, 0.2) is 139 Å². The number of anilines is 4. The molecule has 0 unspecified atom stereocenters. The van der Waals surface area contributed by atoms with Gasteiger partial charge in [0.1, 0.15) is 40.7 Å². The number of aliphatic hydroxyl groups excluding tert-OH is 2. The highest BCUT2D eigenvalue weighted by Crippen LogP contribution is 2.47. The molecule has 4 fully saturated rings. The molecule has 12 aromatic rings. The number of aromatic amines is 4. The van der Waals surface area contributed by atoms with Crippen LogP contribution < -0.4 is 31.9 Å². The molecule has 0 spiro atoms. The van der Waals surface area contributed by atoms with Crippen molar-refractivity contribution in [2.24, 2.45) is 10.8 Å². The number of hydrogen-bond donors (Lipinski definition) is 12. The fraction of sp³-hybridized carbons (Fsp3) is 0.205. The Hall–Kier alpha value is -11.7. The van der Waals surface area contributed by atoms with Gasteiger partial charge in [-0.1, -0.05) is 60.7 Å². The smallest absolute Gasteiger partial charge is 0.244 e. The Labute approximate surface area is 604 Å². The number of rotatable bonds is 20. The van der Waals surface area contributed by atoms with E-state index in [4.69, 9.17) is 0 Å². The molecule has 5 heterocycles. The third-order valence-corrected chi connectivity index (χ3v) is 20.0. The Balaban J connectivity index is 0.000000125. The second-order valence-electron chi connectivity index (χ2n) is 26.3. The van der Waals surface area contributed by atoms with Gasteiger partial charge in [-0.25, -0.2) is 30.7 Å². The van der Waals surface area contributed by atoms with E-state index in [1.807, 2.05) is 29.7 Å². The van der Waals surface area contributed by atoms with Gasteiger partial charge in [0, 0.05) is 50.7 Å². The molecule has 28 heteroatoms. The summed E-state index contributed by atoms with van der Waals surface area (Å²) in [6.07, 6.45) is 19.5. The Morgan fingerprint density at radius 1 is 0.396 bits per heavy atom. The quantitative estimate of drug-likeness (QED) is 0.0317. The molecule has 0 atom stereocenters. The molecule has 0 radical (unpaired) electrons. The lowest BCUT2D eigenvalue weighted by atomic mass is 10.1. The molecule has 106 heavy (non-hydrogen) atoms. The lowest BCUT2D eigenvalue weighted by Crippen LogP contribution is -2.40. The first-order valence-corrected chi connectivity index (χ1v) is 34.6. The summed E-state index contributed by atoms with van der Waals surface area (Å²) in [5.41, 5.74) is 4.24. The van der Waals surface area contributed by atoms with Crippen molar-refractivity contribution in [3.05, 3.63) is 224 Å². The lowest BCUT2D eigenvalue weighted by Gasteiger charge is -2.14. The van der Waals surface area contributed by atoms with Crippen molar-refractivity contribution in [2.45, 2.75) is 62.4 Å². The van der Waals surface area contributed by atoms with E-state index in [9.17, 15) is 60.1 Å². The molecule has 12 N–H and O–H groups in total. The van der Waals surface area contributed by atoms with Crippen molar-refractivity contribution in [1.82, 2.24) is 51.4 Å². The molecule has 0 aliphatic heterocycles. The number of carbonyl (C=O) groups is 4. The van der Waals surface area contributed by atoms with Gasteiger partial charge in [0.2, 0.25) is 23.6 Å². The van der Waals surface area contributed by atoms with Gasteiger partial charge >= 0.3 is 0 Å². The van der Waals surface area contributed by atoms with Gasteiger partial charge in [0.05, 0.1) is 103 Å². The van der Waals surface area contributed by atoms with E-state index in [0.29, 0.717) is 97.8 Å². The second kappa shape index (κ2) is 30.6. The van der Waals surface area contributed by atoms with Crippen LogP contribution in [0, 0.1) is 51.6 Å². The van der Waals surface area contributed by atoms with Crippen LogP contribution in [0.4, 0.5) is 53.5 Å². The van der Waals surface area contributed by atoms with Crippen LogP contribution in [0.5, 0.6) is 0 Å². The molecule has 4 saturated carbocycles. The van der Waals surface area contributed by atoms with Crippen LogP contribution in [-0.2, 0) is 19.2 Å². The van der Waals surface area contributed by atoms with Gasteiger partial charge in [0.25, 0.3) is 0 Å². The number of benzene rings is 7. The van der Waals surface area contributed by atoms with E-state index in [0.717, 1.165) is 41.5 Å². The Kier molecular flexibility index (Phi) is 20.9. The summed E-state index contributed by atoms with van der Waals surface area (Å²) in [4.78, 5) is 50.3. The van der Waals surface area contributed by atoms with Gasteiger partial charge in [-0.15, -0.1) is 11.3 Å². The van der Waals surface area contributed by atoms with E-state index in [2.05, 4.69) is 72.7 Å². The number of fused-ring (bicyclic) bond motifs is 4. The van der Waals surface area contributed by atoms with E-state index in [1.165, 1.54) is 66.7 Å². The first-order valence-electron chi connectivity index (χ1n) is 33.7. The normalized spacial score (nSPS) is 15.5. The minimum Gasteiger partial charge on any atom is -0.395 e. The van der Waals surface area contributed by atoms with Gasteiger partial charge in [-0.05, 0) is 185 Å². The minimum atomic E-state index is -0.794. The fourth-order valence-electron chi connectivity index (χ4n) is 11.6. The van der Waals surface area contributed by atoms with Gasteiger partial charge in [-0.3, -0.25) is 39.6 Å². The van der Waals surface area contributed by atoms with Crippen molar-refractivity contribution in [2.75, 3.05) is 48.6 Å². The number of nitrogens with one attached hydrogen (secondary N) is 10. The number of aliphatic hydroxyl groups is 2. The minimum absolute atomic E-state index is 0.0361. The Morgan fingerprint density at radius 2 is 0.736 bits per heavy atom. The highest BCUT2D eigenvalue weighted by molar-refractivity contribution is 7.10. The molecule has 5 aromatic heterocycles. The standard InChI is InChI=1S/2C20H18F2N4O.C20H17F2N3O2.C18H16FN3O2S/c1-23-20(8-9-20)19(27)24-18-10-14-16(25-26-17(14)11-15(18)22)7-4-12-2-5-13(21)6-3-12;1-23-20(7-8-20)19(27)24-18-10-14-16(25-26-17(14)11-15(18)22)6-5-12-3-2-4-13(21)9-12;21-13-3-1-2-12(8-13)4-5-16-14-9-18(15(22)10-17(14)25-24-16)23-19(27)20(11-26)6-7-20;19-13-9-15-12(8-16(13)20-17(24)18(10-23)5-6-18)14(21-22-15)4-3-11-2-1-7-25-11/h2-7,10-11,23H,8-9H2,1H3,(H,24,27)(H,25,26);2-6,9-11,23H,7-8H2,1H3,(H,24,27)(H,25,26);1-5,8-10,26H,6-7,11H2,(H,23,27)(H,24,25);1-4,7-9,23H,5-6,10H2,(H,20,24)(H,21,22)/b7-4+;6-5+;5-4+;4-3+. The monoisotopic (exact) mass is 1460 g/mol. The summed E-state index contributed by atoms with van der Waals surface area (Å²) >= 11 is 1.61. The topological polar surface area (TPSA) is 296 Å². The summed E-state index contributed by atoms with van der Waals surface area (Å²) in [5.74, 6) is -4.37. The highest BCUT2D eigenvalue weighted by Gasteiger charge is 2.51. The number of likely N-dealkylation sites (N-methyl/N-ethyl adjacent to an activating group) is 2. The molecule has 16 rings (SSSR count). The second-order valence-corrected chi connectivity index (χ2v) is 27.3. The van der Waals surface area contributed by atoms with Crippen molar-refractivity contribution in [1.29, 1.82) is 0 Å². The molecular formula is C78H69F7N14O6S. The number of aromatic nitrogens is 8. The number of carbonyl (C=O) groups excluding carboxylic acids is 4. The zero-order valence-electron chi connectivity index (χ0n) is 56.8. The van der Waals surface area contributed by atoms with Crippen molar-refractivity contribution in [3.8, 4) is 0 Å². The van der Waals surface area contributed by atoms with E-state index >= 15 is 0 Å². The summed E-state index contributed by atoms with van der Waals surface area (Å²) in [5, 5.41) is 67.6. The Bertz CT molecular complexity index is 5270. The molecular weight excluding hydrogens is 1390 g/mol. The first kappa shape index (κ1) is 72.7. The maximum absolute atomic E-state index is 14.4. The first-order chi connectivity index (χ1) is 51.1. The van der Waals surface area contributed by atoms with Crippen LogP contribution in [0.1, 0.15) is 95.7 Å². The predicted octanol–water partition coefficient (Wildman–Crippen LogP) is 14.8. The average Bonchev–Trinajstić information content (AvgIpc) is 1.62. The van der Waals surface area contributed by atoms with Crippen molar-refractivity contribution >= 4 is 150 Å². The van der Waals surface area contributed by atoms with Crippen LogP contribution in [0.25, 0.3) is 92.2 Å². The number of nitrogens with zero attached hydrogens (tertiary/aromatic N) is 4. The number of hydrogen-bond acceptors (Lipinski definition) is 13. The van der Waals surface area contributed by atoms with E-state index < -0.39 is 45.2 Å². The Morgan fingerprint density at radius 3 is 1.04 bits per heavy atom. The SMILES string of the molecule is CNC1(C(=O)Nc2cc3c(/C=C/c4ccc(F)cc4)n[nH]c3cc2F)CC1.CNC1(C(=O)Nc2cc3c(/C=C/c4cccc(F)c4)n[nH]c3cc2F)CC1.O=C(Nc1cc2c(/C=C/c3cccc(F)c3)n[nH]c2cc1F)C1(CO)CC1.O=C(Nc1cc2c(/C=C/c3cccs3)n[nH]c2cc1F)C1(CO)CC1. The molecule has 4 aliphatic carbocycles. The summed E-state index contributed by atoms with van der Waals surface area (Å²) in [6, 6.07) is 33.7. The number of amides is 4. The molecule has 542 valence electrons. The average molecular weight is 1460 g/mol. The maximum atomic E-state index is 14.4. The predicted molar refractivity (Wildman–Crippen MR) is 398 cm³/mol. The van der Waals surface area contributed by atoms with Crippen LogP contribution in [-0.4, -0.2) is 113 Å². The summed E-state index contributed by atoms with van der Waals surface area (Å²) < 4.78 is 96.9. The summed E-state index contributed by atoms with van der Waals surface area (Å²) in [7, 11) is 3.44. The van der Waals surface area contributed by atoms with Crippen molar-refractivity contribution in [3.63, 3.8) is 0 Å². The highest BCUT2D eigenvalue weighted by atomic mass is 32.1. The molecule has 20 nitrogen and oxygen atoms in total. The van der Waals surface area contributed by atoms with Crippen molar-refractivity contribution < 1.29 is 60.1 Å². The van der Waals surface area contributed by atoms with Gasteiger partial charge < -0.3 is 42.1 Å². The molecule has 0 saturated heterocycles. The molecule has 0 bridgehead atoms. The van der Waals surface area contributed by atoms with Gasteiger partial charge in [0.15, 0.2) is 0 Å². The van der Waals surface area contributed by atoms with Gasteiger partial charge in [-0.2, -0.15) is 20.4 Å². The molecule has 7 aromatic carbocycles.